The molecular weight excluding hydrogens is 347 g/mol. The Morgan fingerprint density at radius 3 is 2.50 bits per heavy atom. The highest BCUT2D eigenvalue weighted by Crippen LogP contribution is 2.54. The molecule has 0 amide bonds. The van der Waals surface area contributed by atoms with E-state index in [-0.39, 0.29) is 0 Å². The van der Waals surface area contributed by atoms with Gasteiger partial charge in [-0.05, 0) is 12.8 Å². The second kappa shape index (κ2) is 7.84. The minimum atomic E-state index is -4.24. The van der Waals surface area contributed by atoms with Crippen LogP contribution in [-0.2, 0) is 33.1 Å². The predicted octanol–water partition coefficient (Wildman–Crippen LogP) is -0.430. The lowest BCUT2D eigenvalue weighted by Crippen LogP contribution is -2.49. The van der Waals surface area contributed by atoms with Crippen molar-refractivity contribution in [3.8, 4) is 0 Å². The summed E-state index contributed by atoms with van der Waals surface area (Å²) in [6, 6.07) is -0.871. The number of rotatable bonds is 4. The van der Waals surface area contributed by atoms with Gasteiger partial charge in [0.2, 0.25) is 0 Å². The molecule has 0 aromatic heterocycles. The van der Waals surface area contributed by atoms with Crippen molar-refractivity contribution in [1.82, 2.24) is 10.6 Å². The second-order valence-corrected chi connectivity index (χ2v) is 7.05. The van der Waals surface area contributed by atoms with E-state index in [1.54, 1.807) is 0 Å². The van der Waals surface area contributed by atoms with Crippen LogP contribution in [0.15, 0.2) is 0 Å². The van der Waals surface area contributed by atoms with E-state index >= 15 is 0 Å². The van der Waals surface area contributed by atoms with Gasteiger partial charge in [0.25, 0.3) is 0 Å². The molecule has 3 atom stereocenters. The molecule has 12 heteroatoms. The molecule has 0 radical (unpaired) electrons. The lowest BCUT2D eigenvalue weighted by Gasteiger charge is -2.30. The average molecular weight is 365 g/mol. The molecule has 2 unspecified atom stereocenters. The summed E-state index contributed by atoms with van der Waals surface area (Å²) in [5.41, 5.74) is 2.45. The van der Waals surface area contributed by atoms with Crippen LogP contribution in [0.4, 0.5) is 0 Å². The largest absolute Gasteiger partial charge is 0.596 e. The van der Waals surface area contributed by atoms with E-state index in [9.17, 15) is 24.1 Å². The number of fused-ring (bicyclic) bond motifs is 1. The van der Waals surface area contributed by atoms with Gasteiger partial charge in [-0.2, -0.15) is 4.89 Å². The molecule has 2 aliphatic rings. The first kappa shape index (κ1) is 18.5. The van der Waals surface area contributed by atoms with Gasteiger partial charge in [0, 0.05) is 0 Å². The van der Waals surface area contributed by atoms with Crippen LogP contribution in [-0.4, -0.2) is 46.0 Å². The molecule has 0 aromatic carbocycles. The smallest absolute Gasteiger partial charge is 0.481 e. The molecule has 1 aliphatic carbocycles. The Balaban J connectivity index is 2.13. The van der Waals surface area contributed by atoms with Crippen molar-refractivity contribution >= 4 is 32.0 Å². The van der Waals surface area contributed by atoms with Crippen molar-refractivity contribution in [3.63, 3.8) is 0 Å². The summed E-state index contributed by atoms with van der Waals surface area (Å²) in [6.07, 6.45) is 1.78. The van der Waals surface area contributed by atoms with Crippen molar-refractivity contribution in [3.05, 3.63) is 0 Å². The molecule has 0 aromatic rings. The number of nitrogens with one attached hydrogen (secondary N) is 2. The first-order chi connectivity index (χ1) is 11.3. The highest BCUT2D eigenvalue weighted by molar-refractivity contribution is 7.59. The zero-order valence-corrected chi connectivity index (χ0v) is 13.5. The quantitative estimate of drug-likeness (QED) is 0.378. The normalized spacial score (nSPS) is 30.7. The van der Waals surface area contributed by atoms with E-state index in [1.165, 1.54) is 0 Å². The van der Waals surface area contributed by atoms with Crippen LogP contribution in [0.1, 0.15) is 38.5 Å². The highest BCUT2D eigenvalue weighted by Gasteiger charge is 2.54. The molecule has 11 nitrogen and oxygen atoms in total. The molecule has 2 rings (SSSR count). The fourth-order valence-electron chi connectivity index (χ4n) is 2.42. The lowest BCUT2D eigenvalue weighted by molar-refractivity contribution is -0.169. The van der Waals surface area contributed by atoms with E-state index < -0.39 is 56.9 Å². The van der Waals surface area contributed by atoms with Crippen molar-refractivity contribution in [2.45, 2.75) is 50.6 Å². The van der Waals surface area contributed by atoms with Gasteiger partial charge in [-0.15, -0.1) is 5.48 Å². The summed E-state index contributed by atoms with van der Waals surface area (Å²) < 4.78 is 9.37. The van der Waals surface area contributed by atoms with Gasteiger partial charge in [-0.3, -0.25) is 4.79 Å². The standard InChI is InChI=1S/C12H17N2O9P/c15-9(16)5-6-10(17)22-24(20)14-8-4-2-1-3-7(8)13-21-11(18)12(19)23-24/h7-8,13-14,20H,1-6H2/p+1/t7?,8-,24?/m0/s1. The molecule has 0 bridgehead atoms. The zero-order valence-electron chi connectivity index (χ0n) is 12.6. The fraction of sp³-hybridized carbons (Fsp3) is 0.667. The van der Waals surface area contributed by atoms with Gasteiger partial charge in [-0.25, -0.2) is 23.4 Å². The maximum atomic E-state index is 11.7. The third-order valence-electron chi connectivity index (χ3n) is 3.54. The summed E-state index contributed by atoms with van der Waals surface area (Å²) in [4.78, 5) is 60.2. The number of carbonyl (C=O) groups is 4. The second-order valence-electron chi connectivity index (χ2n) is 5.39. The monoisotopic (exact) mass is 365 g/mol. The van der Waals surface area contributed by atoms with Crippen LogP contribution in [0.25, 0.3) is 0 Å². The summed E-state index contributed by atoms with van der Waals surface area (Å²) in [5, 5.41) is 11.1. The van der Waals surface area contributed by atoms with Gasteiger partial charge < -0.3 is 9.94 Å². The SMILES string of the molecule is O=C(O)CCC(=O)O[P+]1(O)N[C@H]2CCCCC2NOC(=O)C(=O)O1. The average Bonchev–Trinajstić information content (AvgIpc) is 2.54. The van der Waals surface area contributed by atoms with Gasteiger partial charge in [-0.1, -0.05) is 17.9 Å². The number of hydroxylamine groups is 1. The number of carboxylic acids is 1. The van der Waals surface area contributed by atoms with Crippen LogP contribution in [0.3, 0.4) is 0 Å². The third kappa shape index (κ3) is 5.10. The molecular formula is C12H18N2O9P+. The topological polar surface area (TPSA) is 160 Å². The number of carbonyl (C=O) groups excluding carboxylic acids is 3. The van der Waals surface area contributed by atoms with Crippen molar-refractivity contribution < 1.29 is 43.1 Å². The maximum absolute atomic E-state index is 11.7. The van der Waals surface area contributed by atoms with Crippen molar-refractivity contribution in [2.75, 3.05) is 0 Å². The minimum Gasteiger partial charge on any atom is -0.481 e. The third-order valence-corrected chi connectivity index (χ3v) is 5.06. The summed E-state index contributed by atoms with van der Waals surface area (Å²) in [7, 11) is -4.24. The molecule has 1 heterocycles. The van der Waals surface area contributed by atoms with Crippen molar-refractivity contribution in [2.24, 2.45) is 0 Å². The van der Waals surface area contributed by atoms with E-state index in [0.29, 0.717) is 12.8 Å². The van der Waals surface area contributed by atoms with E-state index in [1.807, 2.05) is 0 Å². The van der Waals surface area contributed by atoms with Gasteiger partial charge in [0.05, 0.1) is 24.9 Å². The van der Waals surface area contributed by atoms with Crippen molar-refractivity contribution in [1.29, 1.82) is 0 Å². The molecule has 1 aliphatic heterocycles. The molecule has 2 fully saturated rings. The molecule has 0 spiro atoms. The summed E-state index contributed by atoms with van der Waals surface area (Å²) >= 11 is 0. The first-order valence-corrected chi connectivity index (χ1v) is 8.91. The Hall–Kier alpha value is -1.81. The zero-order chi connectivity index (χ0) is 17.7. The molecule has 4 N–H and O–H groups in total. The van der Waals surface area contributed by atoms with Gasteiger partial charge in [0.1, 0.15) is 0 Å². The number of aliphatic carboxylic acids is 1. The lowest BCUT2D eigenvalue weighted by atomic mass is 9.92. The number of carboxylic acid groups (broad SMARTS) is 1. The van der Waals surface area contributed by atoms with Crippen LogP contribution >= 0.6 is 8.09 Å². The Labute approximate surface area is 137 Å². The van der Waals surface area contributed by atoms with Crippen LogP contribution in [0.2, 0.25) is 0 Å². The summed E-state index contributed by atoms with van der Waals surface area (Å²) in [6.45, 7) is 0. The van der Waals surface area contributed by atoms with E-state index in [0.717, 1.165) is 12.8 Å². The molecule has 134 valence electrons. The number of hydrogen-bond acceptors (Lipinski definition) is 10. The summed E-state index contributed by atoms with van der Waals surface area (Å²) in [5.74, 6) is -5.21. The van der Waals surface area contributed by atoms with E-state index in [2.05, 4.69) is 19.9 Å². The molecule has 1 saturated carbocycles. The fourth-order valence-corrected chi connectivity index (χ4v) is 3.96. The number of hydrogen-bond donors (Lipinski definition) is 4. The molecule has 1 saturated heterocycles. The van der Waals surface area contributed by atoms with Gasteiger partial charge in [0.15, 0.2) is 0 Å². The first-order valence-electron chi connectivity index (χ1n) is 7.33. The Kier molecular flexibility index (Phi) is 6.05. The maximum Gasteiger partial charge on any atom is 0.596 e. The van der Waals surface area contributed by atoms with Crippen LogP contribution in [0.5, 0.6) is 0 Å². The Morgan fingerprint density at radius 2 is 1.83 bits per heavy atom. The van der Waals surface area contributed by atoms with Crippen LogP contribution < -0.4 is 10.6 Å². The van der Waals surface area contributed by atoms with Crippen LogP contribution in [0, 0.1) is 0 Å². The predicted molar refractivity (Wildman–Crippen MR) is 76.6 cm³/mol. The van der Waals surface area contributed by atoms with E-state index in [4.69, 9.17) is 9.63 Å². The van der Waals surface area contributed by atoms with Gasteiger partial charge >= 0.3 is 32.0 Å². The highest BCUT2D eigenvalue weighted by atomic mass is 31.2. The molecule has 24 heavy (non-hydrogen) atoms. The Bertz CT molecular complexity index is 543. The minimum absolute atomic E-state index is 0.401. The Morgan fingerprint density at radius 1 is 1.17 bits per heavy atom.